The van der Waals surface area contributed by atoms with E-state index in [0.29, 0.717) is 6.47 Å². The first-order valence-corrected chi connectivity index (χ1v) is 6.55. The van der Waals surface area contributed by atoms with E-state index < -0.39 is 0 Å². The Labute approximate surface area is 114 Å². The van der Waals surface area contributed by atoms with Crippen LogP contribution in [0.3, 0.4) is 0 Å². The average Bonchev–Trinajstić information content (AvgIpc) is 2.47. The molecule has 98 valence electrons. The Morgan fingerprint density at radius 2 is 1.47 bits per heavy atom. The van der Waals surface area contributed by atoms with Crippen molar-refractivity contribution in [1.29, 1.82) is 0 Å². The number of ether oxygens (including phenoxy) is 1. The standard InChI is InChI=1S/C17H18O2/c18-14-19-17(13-16-9-5-2-6-10-16)12-11-15-7-3-1-4-8-15/h1-10,14,17H,11-13H2. The summed E-state index contributed by atoms with van der Waals surface area (Å²) in [5.41, 5.74) is 2.47. The molecule has 0 amide bonds. The molecule has 0 aromatic heterocycles. The highest BCUT2D eigenvalue weighted by Gasteiger charge is 2.10. The van der Waals surface area contributed by atoms with Crippen molar-refractivity contribution in [3.63, 3.8) is 0 Å². The third-order valence-electron chi connectivity index (χ3n) is 3.15. The molecular formula is C17H18O2. The van der Waals surface area contributed by atoms with Crippen LogP contribution in [-0.4, -0.2) is 12.6 Å². The predicted octanol–water partition coefficient (Wildman–Crippen LogP) is 3.40. The largest absolute Gasteiger partial charge is 0.464 e. The third-order valence-corrected chi connectivity index (χ3v) is 3.15. The van der Waals surface area contributed by atoms with Crippen LogP contribution in [0.4, 0.5) is 0 Å². The Morgan fingerprint density at radius 3 is 2.05 bits per heavy atom. The van der Waals surface area contributed by atoms with Crippen LogP contribution in [-0.2, 0) is 22.4 Å². The minimum absolute atomic E-state index is 0.0555. The van der Waals surface area contributed by atoms with Gasteiger partial charge in [-0.25, -0.2) is 0 Å². The van der Waals surface area contributed by atoms with Gasteiger partial charge in [-0.2, -0.15) is 0 Å². The fourth-order valence-electron chi connectivity index (χ4n) is 2.15. The lowest BCUT2D eigenvalue weighted by molar-refractivity contribution is -0.133. The van der Waals surface area contributed by atoms with E-state index >= 15 is 0 Å². The van der Waals surface area contributed by atoms with E-state index in [0.717, 1.165) is 19.3 Å². The van der Waals surface area contributed by atoms with Crippen molar-refractivity contribution in [1.82, 2.24) is 0 Å². The molecule has 0 radical (unpaired) electrons. The monoisotopic (exact) mass is 254 g/mol. The minimum Gasteiger partial charge on any atom is -0.464 e. The van der Waals surface area contributed by atoms with Crippen LogP contribution >= 0.6 is 0 Å². The van der Waals surface area contributed by atoms with E-state index in [1.165, 1.54) is 11.1 Å². The smallest absolute Gasteiger partial charge is 0.293 e. The zero-order chi connectivity index (χ0) is 13.3. The Morgan fingerprint density at radius 1 is 0.895 bits per heavy atom. The van der Waals surface area contributed by atoms with Gasteiger partial charge in [-0.15, -0.1) is 0 Å². The third kappa shape index (κ3) is 4.59. The molecule has 0 bridgehead atoms. The van der Waals surface area contributed by atoms with Gasteiger partial charge in [-0.3, -0.25) is 4.79 Å². The molecule has 2 nitrogen and oxygen atoms in total. The SMILES string of the molecule is O=COC(CCc1ccccc1)Cc1ccccc1. The molecule has 0 spiro atoms. The highest BCUT2D eigenvalue weighted by atomic mass is 16.5. The van der Waals surface area contributed by atoms with E-state index in [4.69, 9.17) is 4.74 Å². The Kier molecular flexibility index (Phi) is 5.17. The number of carbonyl (C=O) groups excluding carboxylic acids is 1. The van der Waals surface area contributed by atoms with Gasteiger partial charge in [0.1, 0.15) is 6.10 Å². The maximum Gasteiger partial charge on any atom is 0.293 e. The molecule has 0 aliphatic heterocycles. The molecule has 0 saturated heterocycles. The van der Waals surface area contributed by atoms with E-state index in [1.54, 1.807) is 0 Å². The second-order valence-corrected chi connectivity index (χ2v) is 4.57. The lowest BCUT2D eigenvalue weighted by Gasteiger charge is -2.15. The summed E-state index contributed by atoms with van der Waals surface area (Å²) < 4.78 is 5.19. The minimum atomic E-state index is -0.0555. The molecule has 0 N–H and O–H groups in total. The molecule has 0 fully saturated rings. The van der Waals surface area contributed by atoms with Crippen LogP contribution in [0.5, 0.6) is 0 Å². The van der Waals surface area contributed by atoms with E-state index in [-0.39, 0.29) is 6.10 Å². The molecule has 1 atom stereocenters. The maximum atomic E-state index is 10.6. The number of benzene rings is 2. The number of hydrogen-bond acceptors (Lipinski definition) is 2. The van der Waals surface area contributed by atoms with Gasteiger partial charge in [0.25, 0.3) is 6.47 Å². The molecule has 0 aliphatic rings. The van der Waals surface area contributed by atoms with Crippen LogP contribution in [0, 0.1) is 0 Å². The van der Waals surface area contributed by atoms with Gasteiger partial charge in [-0.1, -0.05) is 60.7 Å². The quantitative estimate of drug-likeness (QED) is 0.708. The second-order valence-electron chi connectivity index (χ2n) is 4.57. The predicted molar refractivity (Wildman–Crippen MR) is 75.8 cm³/mol. The zero-order valence-corrected chi connectivity index (χ0v) is 10.9. The number of aryl methyl sites for hydroxylation is 1. The van der Waals surface area contributed by atoms with E-state index in [1.807, 2.05) is 36.4 Å². The highest BCUT2D eigenvalue weighted by molar-refractivity contribution is 5.37. The van der Waals surface area contributed by atoms with Crippen LogP contribution in [0.15, 0.2) is 60.7 Å². The first-order chi connectivity index (χ1) is 9.38. The number of hydrogen-bond donors (Lipinski definition) is 0. The van der Waals surface area contributed by atoms with E-state index in [2.05, 4.69) is 24.3 Å². The fraction of sp³-hybridized carbons (Fsp3) is 0.235. The van der Waals surface area contributed by atoms with Crippen molar-refractivity contribution < 1.29 is 9.53 Å². The molecule has 2 heteroatoms. The molecule has 2 aromatic rings. The van der Waals surface area contributed by atoms with Crippen molar-refractivity contribution in [2.75, 3.05) is 0 Å². The van der Waals surface area contributed by atoms with Gasteiger partial charge in [0.15, 0.2) is 0 Å². The van der Waals surface area contributed by atoms with Crippen molar-refractivity contribution in [3.05, 3.63) is 71.8 Å². The Hall–Kier alpha value is -2.09. The summed E-state index contributed by atoms with van der Waals surface area (Å²) in [5.74, 6) is 0. The van der Waals surface area contributed by atoms with Crippen LogP contribution in [0.2, 0.25) is 0 Å². The van der Waals surface area contributed by atoms with Crippen LogP contribution in [0.25, 0.3) is 0 Å². The molecule has 1 unspecified atom stereocenters. The molecule has 0 aliphatic carbocycles. The van der Waals surface area contributed by atoms with Crippen molar-refractivity contribution in [2.45, 2.75) is 25.4 Å². The van der Waals surface area contributed by atoms with Gasteiger partial charge in [-0.05, 0) is 24.0 Å². The number of carbonyl (C=O) groups is 1. The van der Waals surface area contributed by atoms with Crippen molar-refractivity contribution in [3.8, 4) is 0 Å². The summed E-state index contributed by atoms with van der Waals surface area (Å²) in [6, 6.07) is 20.4. The van der Waals surface area contributed by atoms with Crippen molar-refractivity contribution in [2.24, 2.45) is 0 Å². The topological polar surface area (TPSA) is 26.3 Å². The summed E-state index contributed by atoms with van der Waals surface area (Å²) in [6.07, 6.45) is 2.48. The molecule has 2 aromatic carbocycles. The first-order valence-electron chi connectivity index (χ1n) is 6.55. The van der Waals surface area contributed by atoms with Crippen LogP contribution < -0.4 is 0 Å². The average molecular weight is 254 g/mol. The normalized spacial score (nSPS) is 11.8. The van der Waals surface area contributed by atoms with Gasteiger partial charge < -0.3 is 4.74 Å². The lowest BCUT2D eigenvalue weighted by Crippen LogP contribution is -2.16. The summed E-state index contributed by atoms with van der Waals surface area (Å²) in [7, 11) is 0. The molecule has 0 heterocycles. The fourth-order valence-corrected chi connectivity index (χ4v) is 2.15. The molecule has 0 saturated carbocycles. The van der Waals surface area contributed by atoms with Gasteiger partial charge in [0.05, 0.1) is 0 Å². The highest BCUT2D eigenvalue weighted by Crippen LogP contribution is 2.12. The molecular weight excluding hydrogens is 236 g/mol. The van der Waals surface area contributed by atoms with Crippen molar-refractivity contribution >= 4 is 6.47 Å². The Bertz CT molecular complexity index is 479. The van der Waals surface area contributed by atoms with Gasteiger partial charge in [0, 0.05) is 6.42 Å². The van der Waals surface area contributed by atoms with E-state index in [9.17, 15) is 4.79 Å². The summed E-state index contributed by atoms with van der Waals surface area (Å²) >= 11 is 0. The van der Waals surface area contributed by atoms with Crippen LogP contribution in [0.1, 0.15) is 17.5 Å². The summed E-state index contributed by atoms with van der Waals surface area (Å²) in [6.45, 7) is 0.554. The molecule has 2 rings (SSSR count). The maximum absolute atomic E-state index is 10.6. The first kappa shape index (κ1) is 13.3. The summed E-state index contributed by atoms with van der Waals surface area (Å²) in [5, 5.41) is 0. The van der Waals surface area contributed by atoms with Gasteiger partial charge >= 0.3 is 0 Å². The second kappa shape index (κ2) is 7.37. The number of rotatable bonds is 7. The zero-order valence-electron chi connectivity index (χ0n) is 10.9. The van der Waals surface area contributed by atoms with Gasteiger partial charge in [0.2, 0.25) is 0 Å². The lowest BCUT2D eigenvalue weighted by atomic mass is 10.0. The molecule has 19 heavy (non-hydrogen) atoms. The Balaban J connectivity index is 1.91. The summed E-state index contributed by atoms with van der Waals surface area (Å²) in [4.78, 5) is 10.6.